The first kappa shape index (κ1) is 20.6. The summed E-state index contributed by atoms with van der Waals surface area (Å²) in [5.41, 5.74) is 1.22. The van der Waals surface area contributed by atoms with Crippen LogP contribution in [-0.2, 0) is 11.3 Å². The number of guanidine groups is 1. The van der Waals surface area contributed by atoms with E-state index in [0.717, 1.165) is 29.6 Å². The van der Waals surface area contributed by atoms with E-state index in [1.165, 1.54) is 4.88 Å². The summed E-state index contributed by atoms with van der Waals surface area (Å²) >= 11 is 1.72. The highest BCUT2D eigenvalue weighted by molar-refractivity contribution is 14.0. The molecule has 132 valence electrons. The van der Waals surface area contributed by atoms with Gasteiger partial charge in [-0.3, -0.25) is 0 Å². The van der Waals surface area contributed by atoms with Gasteiger partial charge in [0.25, 0.3) is 0 Å². The second kappa shape index (κ2) is 8.62. The molecule has 0 bridgehead atoms. The molecular weight excluding hydrogens is 423 g/mol. The molecule has 0 radical (unpaired) electrons. The van der Waals surface area contributed by atoms with Gasteiger partial charge in [-0.1, -0.05) is 13.8 Å². The molecule has 1 aromatic rings. The van der Waals surface area contributed by atoms with Gasteiger partial charge in [0.1, 0.15) is 0 Å². The highest BCUT2D eigenvalue weighted by Crippen LogP contribution is 2.42. The average Bonchev–Trinajstić information content (AvgIpc) is 2.78. The molecular formula is C16H29IN4OS. The van der Waals surface area contributed by atoms with Gasteiger partial charge in [-0.15, -0.1) is 35.3 Å². The van der Waals surface area contributed by atoms with Crippen LogP contribution in [0.5, 0.6) is 0 Å². The molecule has 0 amide bonds. The van der Waals surface area contributed by atoms with E-state index in [0.29, 0.717) is 18.7 Å². The fourth-order valence-corrected chi connectivity index (χ4v) is 3.75. The van der Waals surface area contributed by atoms with Crippen molar-refractivity contribution in [2.24, 2.45) is 10.4 Å². The largest absolute Gasteiger partial charge is 0.381 e. The summed E-state index contributed by atoms with van der Waals surface area (Å²) in [6.07, 6.45) is 1.34. The van der Waals surface area contributed by atoms with Crippen molar-refractivity contribution in [1.29, 1.82) is 0 Å². The number of rotatable bonds is 5. The summed E-state index contributed by atoms with van der Waals surface area (Å²) in [6.45, 7) is 12.2. The first-order valence-electron chi connectivity index (χ1n) is 7.89. The van der Waals surface area contributed by atoms with Gasteiger partial charge >= 0.3 is 0 Å². The smallest absolute Gasteiger partial charge is 0.191 e. The molecule has 5 nitrogen and oxygen atoms in total. The minimum Gasteiger partial charge on any atom is -0.381 e. The van der Waals surface area contributed by atoms with Crippen molar-refractivity contribution in [3.8, 4) is 0 Å². The number of nitrogens with zero attached hydrogens (tertiary/aromatic N) is 2. The molecule has 1 aromatic heterocycles. The SMILES string of the molecule is CCNC(=NCc1sc(C)nc1C)NC1CC(OC)C1(C)C.I. The van der Waals surface area contributed by atoms with Crippen LogP contribution >= 0.6 is 35.3 Å². The van der Waals surface area contributed by atoms with Gasteiger partial charge in [0.2, 0.25) is 0 Å². The van der Waals surface area contributed by atoms with Gasteiger partial charge in [-0.05, 0) is 27.2 Å². The second-order valence-electron chi connectivity index (χ2n) is 6.41. The van der Waals surface area contributed by atoms with Crippen LogP contribution in [0.4, 0.5) is 0 Å². The van der Waals surface area contributed by atoms with Crippen molar-refractivity contribution in [1.82, 2.24) is 15.6 Å². The number of methoxy groups -OCH3 is 1. The Morgan fingerprint density at radius 2 is 2.13 bits per heavy atom. The number of thiazole rings is 1. The third-order valence-corrected chi connectivity index (χ3v) is 5.56. The zero-order valence-electron chi connectivity index (χ0n) is 14.9. The number of aromatic nitrogens is 1. The maximum absolute atomic E-state index is 5.51. The molecule has 0 aliphatic heterocycles. The quantitative estimate of drug-likeness (QED) is 0.409. The van der Waals surface area contributed by atoms with Crippen LogP contribution in [0.15, 0.2) is 4.99 Å². The van der Waals surface area contributed by atoms with Crippen molar-refractivity contribution >= 4 is 41.3 Å². The van der Waals surface area contributed by atoms with E-state index in [-0.39, 0.29) is 29.4 Å². The van der Waals surface area contributed by atoms with Crippen molar-refractivity contribution in [2.45, 2.75) is 59.7 Å². The molecule has 2 rings (SSSR count). The monoisotopic (exact) mass is 452 g/mol. The van der Waals surface area contributed by atoms with Gasteiger partial charge in [-0.2, -0.15) is 0 Å². The molecule has 0 aromatic carbocycles. The molecule has 1 fully saturated rings. The van der Waals surface area contributed by atoms with Gasteiger partial charge in [0.05, 0.1) is 23.4 Å². The Morgan fingerprint density at radius 3 is 2.61 bits per heavy atom. The maximum Gasteiger partial charge on any atom is 0.191 e. The minimum atomic E-state index is 0. The molecule has 7 heteroatoms. The normalized spacial score (nSPS) is 23.0. The average molecular weight is 452 g/mol. The van der Waals surface area contributed by atoms with Crippen LogP contribution in [-0.4, -0.2) is 36.7 Å². The first-order chi connectivity index (χ1) is 10.4. The lowest BCUT2D eigenvalue weighted by atomic mass is 9.64. The number of halogens is 1. The number of hydrogen-bond acceptors (Lipinski definition) is 4. The lowest BCUT2D eigenvalue weighted by Gasteiger charge is -2.51. The zero-order valence-corrected chi connectivity index (χ0v) is 18.0. The summed E-state index contributed by atoms with van der Waals surface area (Å²) in [5.74, 6) is 0.876. The standard InChI is InChI=1S/C16H28N4OS.HI/c1-7-17-15(18-9-12-10(2)19-11(3)22-12)20-13-8-14(21-6)16(13,4)5;/h13-14H,7-9H2,1-6H3,(H2,17,18,20);1H. The van der Waals surface area contributed by atoms with E-state index >= 15 is 0 Å². The number of aliphatic imine (C=N–C) groups is 1. The number of hydrogen-bond donors (Lipinski definition) is 2. The molecule has 0 spiro atoms. The fraction of sp³-hybridized carbons (Fsp3) is 0.750. The molecule has 2 unspecified atom stereocenters. The third-order valence-electron chi connectivity index (χ3n) is 4.50. The summed E-state index contributed by atoms with van der Waals surface area (Å²) in [4.78, 5) is 10.4. The zero-order chi connectivity index (χ0) is 16.3. The Balaban J connectivity index is 0.00000264. The van der Waals surface area contributed by atoms with Gasteiger partial charge in [-0.25, -0.2) is 9.98 Å². The van der Waals surface area contributed by atoms with Crippen molar-refractivity contribution in [3.63, 3.8) is 0 Å². The Morgan fingerprint density at radius 1 is 1.43 bits per heavy atom. The summed E-state index contributed by atoms with van der Waals surface area (Å²) in [5, 5.41) is 7.98. The molecule has 2 N–H and O–H groups in total. The van der Waals surface area contributed by atoms with Crippen LogP contribution in [0.3, 0.4) is 0 Å². The molecule has 1 saturated carbocycles. The second-order valence-corrected chi connectivity index (χ2v) is 7.70. The Bertz CT molecular complexity index is 544. The van der Waals surface area contributed by atoms with Crippen molar-refractivity contribution in [3.05, 3.63) is 15.6 Å². The highest BCUT2D eigenvalue weighted by atomic mass is 127. The van der Waals surface area contributed by atoms with E-state index in [1.54, 1.807) is 18.4 Å². The predicted molar refractivity (Wildman–Crippen MR) is 108 cm³/mol. The molecule has 0 saturated heterocycles. The maximum atomic E-state index is 5.51. The van der Waals surface area contributed by atoms with E-state index in [2.05, 4.69) is 36.4 Å². The van der Waals surface area contributed by atoms with Crippen LogP contribution in [0.25, 0.3) is 0 Å². The lowest BCUT2D eigenvalue weighted by Crippen LogP contribution is -2.63. The van der Waals surface area contributed by atoms with E-state index in [4.69, 9.17) is 9.73 Å². The van der Waals surface area contributed by atoms with Crippen molar-refractivity contribution < 1.29 is 4.74 Å². The van der Waals surface area contributed by atoms with Crippen molar-refractivity contribution in [2.75, 3.05) is 13.7 Å². The van der Waals surface area contributed by atoms with E-state index in [1.807, 2.05) is 13.8 Å². The molecule has 1 aliphatic carbocycles. The van der Waals surface area contributed by atoms with Gasteiger partial charge in [0, 0.05) is 30.0 Å². The van der Waals surface area contributed by atoms with Crippen LogP contribution in [0, 0.1) is 19.3 Å². The predicted octanol–water partition coefficient (Wildman–Crippen LogP) is 3.25. The number of aryl methyl sites for hydroxylation is 2. The van der Waals surface area contributed by atoms with E-state index in [9.17, 15) is 0 Å². The molecule has 23 heavy (non-hydrogen) atoms. The molecule has 2 atom stereocenters. The topological polar surface area (TPSA) is 58.5 Å². The summed E-state index contributed by atoms with van der Waals surface area (Å²) in [7, 11) is 1.79. The number of ether oxygens (including phenoxy) is 1. The van der Waals surface area contributed by atoms with Gasteiger partial charge in [0.15, 0.2) is 5.96 Å². The Hall–Kier alpha value is -0.410. The first-order valence-corrected chi connectivity index (χ1v) is 8.70. The van der Waals surface area contributed by atoms with Crippen LogP contribution < -0.4 is 10.6 Å². The summed E-state index contributed by atoms with van der Waals surface area (Å²) in [6, 6.07) is 0.388. The number of nitrogens with one attached hydrogen (secondary N) is 2. The summed E-state index contributed by atoms with van der Waals surface area (Å²) < 4.78 is 5.51. The Labute approximate surface area is 160 Å². The fourth-order valence-electron chi connectivity index (χ4n) is 2.89. The lowest BCUT2D eigenvalue weighted by molar-refractivity contribution is -0.0922. The molecule has 1 heterocycles. The molecule has 1 aliphatic rings. The highest BCUT2D eigenvalue weighted by Gasteiger charge is 2.48. The van der Waals surface area contributed by atoms with Crippen LogP contribution in [0.1, 0.15) is 42.8 Å². The Kier molecular flexibility index (Phi) is 7.73. The van der Waals surface area contributed by atoms with E-state index < -0.39 is 0 Å². The van der Waals surface area contributed by atoms with Crippen LogP contribution in [0.2, 0.25) is 0 Å². The minimum absolute atomic E-state index is 0. The third kappa shape index (κ3) is 4.79. The van der Waals surface area contributed by atoms with Gasteiger partial charge < -0.3 is 15.4 Å².